The molecule has 3 heterocycles. The molecular formula is C39H43ClN4O4. The maximum Gasteiger partial charge on any atom is 0.345 e. The fourth-order valence-corrected chi connectivity index (χ4v) is 8.20. The number of aromatic hydroxyl groups is 1. The molecular weight excluding hydrogens is 624 g/mol. The lowest BCUT2D eigenvalue weighted by Crippen LogP contribution is -2.39. The van der Waals surface area contributed by atoms with E-state index in [2.05, 4.69) is 93.1 Å². The Hall–Kier alpha value is -4.37. The molecule has 1 saturated carbocycles. The van der Waals surface area contributed by atoms with Crippen molar-refractivity contribution < 1.29 is 15.0 Å². The number of hydrogen-bond acceptors (Lipinski definition) is 5. The second-order valence-electron chi connectivity index (χ2n) is 13.3. The molecule has 0 spiro atoms. The molecule has 5 aromatic rings. The van der Waals surface area contributed by atoms with Crippen molar-refractivity contribution in [2.24, 2.45) is 18.9 Å². The second kappa shape index (κ2) is 14.0. The summed E-state index contributed by atoms with van der Waals surface area (Å²) in [6, 6.07) is 30.4. The van der Waals surface area contributed by atoms with Crippen LogP contribution in [0, 0.1) is 11.8 Å². The number of benzene rings is 3. The van der Waals surface area contributed by atoms with Crippen LogP contribution in [0.2, 0.25) is 0 Å². The van der Waals surface area contributed by atoms with Crippen LogP contribution in [0.1, 0.15) is 52.5 Å². The Morgan fingerprint density at radius 1 is 0.938 bits per heavy atom. The van der Waals surface area contributed by atoms with Crippen molar-refractivity contribution in [2.45, 2.75) is 51.9 Å². The number of aryl methyl sites for hydroxylation is 1. The van der Waals surface area contributed by atoms with Crippen molar-refractivity contribution in [3.8, 4) is 17.0 Å². The molecule has 48 heavy (non-hydrogen) atoms. The van der Waals surface area contributed by atoms with Crippen LogP contribution in [0.5, 0.6) is 5.75 Å². The maximum absolute atomic E-state index is 12.6. The molecule has 0 unspecified atom stereocenters. The number of likely N-dealkylation sites (tertiary alicyclic amines) is 1. The van der Waals surface area contributed by atoms with Crippen molar-refractivity contribution in [3.63, 3.8) is 0 Å². The van der Waals surface area contributed by atoms with Crippen LogP contribution < -0.4 is 5.56 Å². The summed E-state index contributed by atoms with van der Waals surface area (Å²) >= 11 is 0. The summed E-state index contributed by atoms with van der Waals surface area (Å²) in [5.74, 6) is -0.572. The van der Waals surface area contributed by atoms with Crippen LogP contribution in [-0.4, -0.2) is 54.7 Å². The molecule has 1 aliphatic heterocycles. The average molecular weight is 667 g/mol. The van der Waals surface area contributed by atoms with Gasteiger partial charge < -0.3 is 19.8 Å². The normalized spacial score (nSPS) is 19.1. The highest BCUT2D eigenvalue weighted by molar-refractivity contribution is 5.92. The van der Waals surface area contributed by atoms with Crippen molar-refractivity contribution >= 4 is 29.3 Å². The smallest absolute Gasteiger partial charge is 0.345 e. The van der Waals surface area contributed by atoms with Gasteiger partial charge in [-0.2, -0.15) is 0 Å². The molecule has 3 aromatic carbocycles. The lowest BCUT2D eigenvalue weighted by Gasteiger charge is -2.33. The first-order valence-electron chi connectivity index (χ1n) is 16.6. The monoisotopic (exact) mass is 666 g/mol. The fourth-order valence-electron chi connectivity index (χ4n) is 8.20. The van der Waals surface area contributed by atoms with E-state index in [1.165, 1.54) is 29.7 Å². The Balaban J connectivity index is 0.00000401. The minimum absolute atomic E-state index is 0. The largest absolute Gasteiger partial charge is 0.506 e. The average Bonchev–Trinajstić information content (AvgIpc) is 3.74. The number of carboxylic acid groups (broad SMARTS) is 1. The number of pyridine rings is 1. The molecule has 250 valence electrons. The Kier molecular flexibility index (Phi) is 9.78. The summed E-state index contributed by atoms with van der Waals surface area (Å²) in [4.78, 5) is 32.2. The van der Waals surface area contributed by atoms with Crippen molar-refractivity contribution in [2.75, 3.05) is 13.1 Å². The van der Waals surface area contributed by atoms with Crippen LogP contribution in [0.4, 0.5) is 0 Å². The zero-order chi connectivity index (χ0) is 32.7. The van der Waals surface area contributed by atoms with Gasteiger partial charge in [-0.1, -0.05) is 73.7 Å². The van der Waals surface area contributed by atoms with Gasteiger partial charge in [-0.25, -0.2) is 4.79 Å². The summed E-state index contributed by atoms with van der Waals surface area (Å²) in [5.41, 5.74) is 5.24. The number of carbonyl (C=O) groups is 1. The van der Waals surface area contributed by atoms with Gasteiger partial charge in [-0.3, -0.25) is 14.6 Å². The molecule has 3 N–H and O–H groups in total. The van der Waals surface area contributed by atoms with E-state index in [0.717, 1.165) is 49.2 Å². The summed E-state index contributed by atoms with van der Waals surface area (Å²) < 4.78 is 2.25. The molecule has 7 rings (SSSR count). The van der Waals surface area contributed by atoms with Crippen molar-refractivity contribution in [3.05, 3.63) is 123 Å². The number of halogens is 1. The van der Waals surface area contributed by atoms with Gasteiger partial charge in [0.2, 0.25) is 0 Å². The van der Waals surface area contributed by atoms with Gasteiger partial charge in [0, 0.05) is 68.0 Å². The Morgan fingerprint density at radius 3 is 2.23 bits per heavy atom. The van der Waals surface area contributed by atoms with Crippen LogP contribution in [0.3, 0.4) is 0 Å². The molecule has 2 aliphatic rings. The van der Waals surface area contributed by atoms with Crippen LogP contribution in [0.25, 0.3) is 22.2 Å². The van der Waals surface area contributed by atoms with Gasteiger partial charge in [0.1, 0.15) is 5.75 Å². The number of hydrogen-bond donors (Lipinski definition) is 3. The van der Waals surface area contributed by atoms with Crippen molar-refractivity contribution in [1.29, 1.82) is 0 Å². The van der Waals surface area contributed by atoms with E-state index in [4.69, 9.17) is 0 Å². The van der Waals surface area contributed by atoms with E-state index in [9.17, 15) is 19.8 Å². The van der Waals surface area contributed by atoms with E-state index >= 15 is 0 Å². The van der Waals surface area contributed by atoms with E-state index in [1.54, 1.807) is 0 Å². The SMILES string of the molecule is CCc1c(-c2ccc3c(c2)cc(CN2C[C@H]4CC[C@@H](N(Cc5ccccc5)Cc5ccccc5)[C@H]4C2)n3C)[nH]c(=O)c(C(=O)O)c1O.Cl. The number of aromatic nitrogens is 2. The van der Waals surface area contributed by atoms with Crippen LogP contribution in [0.15, 0.2) is 89.7 Å². The zero-order valence-electron chi connectivity index (χ0n) is 27.4. The topological polar surface area (TPSA) is 102 Å². The van der Waals surface area contributed by atoms with E-state index < -0.39 is 22.8 Å². The standard InChI is InChI=1S/C39H42N4O4.ClH/c1-3-31-36(40-38(45)35(37(31)44)39(46)47)27-14-16-33-29(18-27)19-30(41(33)2)23-42-22-28-15-17-34(32(28)24-42)43(20-25-10-6-4-7-11-25)21-26-12-8-5-9-13-26;/h4-14,16,18-19,28,32,34H,3,15,17,20-24H2,1-2H3,(H,46,47)(H2,40,44,45);1H/t28-,32+,34-;/m1./s1. The summed E-state index contributed by atoms with van der Waals surface area (Å²) in [6.45, 7) is 6.80. The van der Waals surface area contributed by atoms with E-state index in [0.29, 0.717) is 35.6 Å². The second-order valence-corrected chi connectivity index (χ2v) is 13.3. The molecule has 1 aliphatic carbocycles. The third-order valence-electron chi connectivity index (χ3n) is 10.5. The highest BCUT2D eigenvalue weighted by Crippen LogP contribution is 2.42. The molecule has 0 bridgehead atoms. The van der Waals surface area contributed by atoms with E-state index in [1.807, 2.05) is 25.1 Å². The lowest BCUT2D eigenvalue weighted by molar-refractivity contribution is 0.0691. The molecule has 3 atom stereocenters. The molecule has 0 amide bonds. The number of fused-ring (bicyclic) bond motifs is 2. The lowest BCUT2D eigenvalue weighted by atomic mass is 9.96. The van der Waals surface area contributed by atoms with E-state index in [-0.39, 0.29) is 12.4 Å². The number of rotatable bonds is 10. The molecule has 0 radical (unpaired) electrons. The first-order chi connectivity index (χ1) is 22.8. The Labute approximate surface area is 287 Å². The Morgan fingerprint density at radius 2 is 1.60 bits per heavy atom. The van der Waals surface area contributed by atoms with Gasteiger partial charge in [0.15, 0.2) is 5.56 Å². The molecule has 9 heteroatoms. The highest BCUT2D eigenvalue weighted by atomic mass is 35.5. The van der Waals surface area contributed by atoms with Crippen LogP contribution in [-0.2, 0) is 33.1 Å². The first kappa shape index (κ1) is 33.5. The number of H-pyrrole nitrogens is 1. The summed E-state index contributed by atoms with van der Waals surface area (Å²) in [6.07, 6.45) is 2.88. The summed E-state index contributed by atoms with van der Waals surface area (Å²) in [7, 11) is 2.10. The summed E-state index contributed by atoms with van der Waals surface area (Å²) in [5, 5.41) is 21.1. The quantitative estimate of drug-likeness (QED) is 0.151. The first-order valence-corrected chi connectivity index (χ1v) is 16.6. The predicted molar refractivity (Wildman–Crippen MR) is 192 cm³/mol. The number of nitrogens with zero attached hydrogens (tertiary/aromatic N) is 3. The van der Waals surface area contributed by atoms with Gasteiger partial charge in [0.05, 0.1) is 5.69 Å². The predicted octanol–water partition coefficient (Wildman–Crippen LogP) is 6.83. The maximum atomic E-state index is 12.6. The minimum Gasteiger partial charge on any atom is -0.506 e. The number of aromatic carboxylic acids is 1. The third-order valence-corrected chi connectivity index (χ3v) is 10.5. The minimum atomic E-state index is -1.44. The Bertz CT molecular complexity index is 1930. The van der Waals surface area contributed by atoms with Crippen LogP contribution >= 0.6 is 12.4 Å². The molecule has 2 fully saturated rings. The molecule has 2 aromatic heterocycles. The number of aromatic amines is 1. The molecule has 1 saturated heterocycles. The zero-order valence-corrected chi connectivity index (χ0v) is 28.2. The third kappa shape index (κ3) is 6.40. The number of carboxylic acids is 1. The van der Waals surface area contributed by atoms with Gasteiger partial charge in [-0.15, -0.1) is 12.4 Å². The number of nitrogens with one attached hydrogen (secondary N) is 1. The highest BCUT2D eigenvalue weighted by Gasteiger charge is 2.44. The van der Waals surface area contributed by atoms with Gasteiger partial charge in [0.25, 0.3) is 5.56 Å². The molecule has 8 nitrogen and oxygen atoms in total. The van der Waals surface area contributed by atoms with Gasteiger partial charge >= 0.3 is 5.97 Å². The fraction of sp³-hybridized carbons (Fsp3) is 0.333. The van der Waals surface area contributed by atoms with Crippen molar-refractivity contribution in [1.82, 2.24) is 19.4 Å². The van der Waals surface area contributed by atoms with Gasteiger partial charge in [-0.05, 0) is 66.0 Å².